The van der Waals surface area contributed by atoms with E-state index in [4.69, 9.17) is 4.74 Å². The Kier molecular flexibility index (Phi) is 4.48. The second-order valence-corrected chi connectivity index (χ2v) is 5.76. The summed E-state index contributed by atoms with van der Waals surface area (Å²) in [6.07, 6.45) is 3.94. The van der Waals surface area contributed by atoms with Gasteiger partial charge < -0.3 is 15.2 Å². The SMILES string of the molecule is CNC(C)c1ccc(OCC2(O)CCCC2)c(C)c1. The fourth-order valence-electron chi connectivity index (χ4n) is 2.66. The number of hydrogen-bond donors (Lipinski definition) is 2. The first-order valence-electron chi connectivity index (χ1n) is 7.17. The monoisotopic (exact) mass is 263 g/mol. The summed E-state index contributed by atoms with van der Waals surface area (Å²) in [5.41, 5.74) is 1.77. The van der Waals surface area contributed by atoms with Gasteiger partial charge in [-0.05, 0) is 50.9 Å². The van der Waals surface area contributed by atoms with Gasteiger partial charge in [0.2, 0.25) is 0 Å². The van der Waals surface area contributed by atoms with Gasteiger partial charge in [-0.15, -0.1) is 0 Å². The van der Waals surface area contributed by atoms with E-state index in [1.54, 1.807) is 0 Å². The molecule has 1 aliphatic rings. The molecule has 0 amide bonds. The fraction of sp³-hybridized carbons (Fsp3) is 0.625. The number of aliphatic hydroxyl groups is 1. The third kappa shape index (κ3) is 3.48. The first-order valence-corrected chi connectivity index (χ1v) is 7.17. The smallest absolute Gasteiger partial charge is 0.122 e. The highest BCUT2D eigenvalue weighted by atomic mass is 16.5. The Bertz CT molecular complexity index is 425. The normalized spacial score (nSPS) is 19.4. The molecule has 1 saturated carbocycles. The molecule has 0 radical (unpaired) electrons. The van der Waals surface area contributed by atoms with Crippen LogP contribution in [0, 0.1) is 6.92 Å². The van der Waals surface area contributed by atoms with Gasteiger partial charge in [0.25, 0.3) is 0 Å². The molecule has 0 saturated heterocycles. The molecule has 1 aromatic rings. The Morgan fingerprint density at radius 3 is 2.63 bits per heavy atom. The van der Waals surface area contributed by atoms with E-state index in [1.807, 2.05) is 13.1 Å². The standard InChI is InChI=1S/C16H25NO2/c1-12-10-14(13(2)17-3)6-7-15(12)19-11-16(18)8-4-5-9-16/h6-7,10,13,17-18H,4-5,8-9,11H2,1-3H3. The molecule has 1 unspecified atom stereocenters. The van der Waals surface area contributed by atoms with Crippen molar-refractivity contribution >= 4 is 0 Å². The van der Waals surface area contributed by atoms with Gasteiger partial charge >= 0.3 is 0 Å². The van der Waals surface area contributed by atoms with Gasteiger partial charge in [-0.25, -0.2) is 0 Å². The van der Waals surface area contributed by atoms with Crippen molar-refractivity contribution in [2.75, 3.05) is 13.7 Å². The summed E-state index contributed by atoms with van der Waals surface area (Å²) in [7, 11) is 1.96. The van der Waals surface area contributed by atoms with Crippen molar-refractivity contribution in [1.29, 1.82) is 0 Å². The van der Waals surface area contributed by atoms with Crippen LogP contribution in [0.1, 0.15) is 49.8 Å². The maximum Gasteiger partial charge on any atom is 0.122 e. The summed E-state index contributed by atoms with van der Waals surface area (Å²) in [4.78, 5) is 0. The van der Waals surface area contributed by atoms with Gasteiger partial charge in [0, 0.05) is 6.04 Å². The van der Waals surface area contributed by atoms with Crippen molar-refractivity contribution in [1.82, 2.24) is 5.32 Å². The van der Waals surface area contributed by atoms with E-state index in [0.29, 0.717) is 12.6 Å². The summed E-state index contributed by atoms with van der Waals surface area (Å²) in [6.45, 7) is 4.60. The van der Waals surface area contributed by atoms with Gasteiger partial charge in [-0.1, -0.05) is 25.0 Å². The number of rotatable bonds is 5. The molecule has 19 heavy (non-hydrogen) atoms. The largest absolute Gasteiger partial charge is 0.490 e. The van der Waals surface area contributed by atoms with Crippen molar-refractivity contribution in [3.63, 3.8) is 0 Å². The third-order valence-corrected chi connectivity index (χ3v) is 4.16. The predicted octanol–water partition coefficient (Wildman–Crippen LogP) is 2.96. The minimum Gasteiger partial charge on any atom is -0.490 e. The van der Waals surface area contributed by atoms with Crippen LogP contribution in [0.5, 0.6) is 5.75 Å². The molecule has 106 valence electrons. The van der Waals surface area contributed by atoms with Crippen LogP contribution in [0.2, 0.25) is 0 Å². The molecule has 0 heterocycles. The predicted molar refractivity (Wildman–Crippen MR) is 77.6 cm³/mol. The van der Waals surface area contributed by atoms with Crippen LogP contribution in [0.25, 0.3) is 0 Å². The number of ether oxygens (including phenoxy) is 1. The Morgan fingerprint density at radius 2 is 2.05 bits per heavy atom. The average molecular weight is 263 g/mol. The molecule has 1 atom stereocenters. The lowest BCUT2D eigenvalue weighted by molar-refractivity contribution is 0.00122. The van der Waals surface area contributed by atoms with Gasteiger partial charge in [-0.2, -0.15) is 0 Å². The molecule has 2 rings (SSSR count). The van der Waals surface area contributed by atoms with Gasteiger partial charge in [-0.3, -0.25) is 0 Å². The van der Waals surface area contributed by atoms with E-state index in [0.717, 1.165) is 37.0 Å². The number of hydrogen-bond acceptors (Lipinski definition) is 3. The second-order valence-electron chi connectivity index (χ2n) is 5.76. The van der Waals surface area contributed by atoms with Gasteiger partial charge in [0.05, 0.1) is 5.60 Å². The van der Waals surface area contributed by atoms with E-state index in [1.165, 1.54) is 5.56 Å². The average Bonchev–Trinajstić information content (AvgIpc) is 2.83. The topological polar surface area (TPSA) is 41.5 Å². The van der Waals surface area contributed by atoms with E-state index < -0.39 is 5.60 Å². The van der Waals surface area contributed by atoms with E-state index in [9.17, 15) is 5.11 Å². The summed E-state index contributed by atoms with van der Waals surface area (Å²) in [6, 6.07) is 6.58. The zero-order chi connectivity index (χ0) is 13.9. The Balaban J connectivity index is 2.01. The minimum absolute atomic E-state index is 0.340. The van der Waals surface area contributed by atoms with Crippen LogP contribution in [0.4, 0.5) is 0 Å². The van der Waals surface area contributed by atoms with Gasteiger partial charge in [0.1, 0.15) is 12.4 Å². The Morgan fingerprint density at radius 1 is 1.37 bits per heavy atom. The summed E-state index contributed by atoms with van der Waals surface area (Å²) in [5, 5.41) is 13.5. The molecule has 3 heteroatoms. The van der Waals surface area contributed by atoms with Crippen molar-refractivity contribution in [3.8, 4) is 5.75 Å². The number of nitrogens with one attached hydrogen (secondary N) is 1. The second kappa shape index (κ2) is 5.93. The van der Waals surface area contributed by atoms with E-state index >= 15 is 0 Å². The fourth-order valence-corrected chi connectivity index (χ4v) is 2.66. The summed E-state index contributed by atoms with van der Waals surface area (Å²) < 4.78 is 5.82. The van der Waals surface area contributed by atoms with Crippen LogP contribution >= 0.6 is 0 Å². The Labute approximate surface area is 116 Å². The van der Waals surface area contributed by atoms with E-state index in [-0.39, 0.29) is 0 Å². The van der Waals surface area contributed by atoms with Crippen molar-refractivity contribution in [3.05, 3.63) is 29.3 Å². The van der Waals surface area contributed by atoms with Crippen LogP contribution < -0.4 is 10.1 Å². The van der Waals surface area contributed by atoms with Crippen molar-refractivity contribution in [2.45, 2.75) is 51.2 Å². The number of benzene rings is 1. The van der Waals surface area contributed by atoms with Gasteiger partial charge in [0.15, 0.2) is 0 Å². The van der Waals surface area contributed by atoms with Crippen LogP contribution in [-0.4, -0.2) is 24.4 Å². The summed E-state index contributed by atoms with van der Waals surface area (Å²) >= 11 is 0. The molecule has 2 N–H and O–H groups in total. The zero-order valence-electron chi connectivity index (χ0n) is 12.2. The third-order valence-electron chi connectivity index (χ3n) is 4.16. The molecule has 0 spiro atoms. The van der Waals surface area contributed by atoms with Crippen LogP contribution in [-0.2, 0) is 0 Å². The quantitative estimate of drug-likeness (QED) is 0.858. The van der Waals surface area contributed by atoms with Crippen molar-refractivity contribution < 1.29 is 9.84 Å². The van der Waals surface area contributed by atoms with Crippen LogP contribution in [0.15, 0.2) is 18.2 Å². The molecule has 1 aromatic carbocycles. The molecule has 1 fully saturated rings. The Hall–Kier alpha value is -1.06. The molecule has 3 nitrogen and oxygen atoms in total. The zero-order valence-corrected chi connectivity index (χ0v) is 12.2. The molecular weight excluding hydrogens is 238 g/mol. The molecule has 1 aliphatic carbocycles. The molecule has 0 aliphatic heterocycles. The summed E-state index contributed by atoms with van der Waals surface area (Å²) in [5.74, 6) is 0.882. The van der Waals surface area contributed by atoms with E-state index in [2.05, 4.69) is 31.3 Å². The lowest BCUT2D eigenvalue weighted by Crippen LogP contribution is -2.32. The van der Waals surface area contributed by atoms with Crippen molar-refractivity contribution in [2.24, 2.45) is 0 Å². The first kappa shape index (κ1) is 14.4. The molecular formula is C16H25NO2. The van der Waals surface area contributed by atoms with Crippen LogP contribution in [0.3, 0.4) is 0 Å². The minimum atomic E-state index is -0.608. The first-order chi connectivity index (χ1) is 9.04. The lowest BCUT2D eigenvalue weighted by atomic mass is 10.0. The highest BCUT2D eigenvalue weighted by Gasteiger charge is 2.32. The highest BCUT2D eigenvalue weighted by molar-refractivity contribution is 5.37. The highest BCUT2D eigenvalue weighted by Crippen LogP contribution is 2.31. The number of aryl methyl sites for hydroxylation is 1. The maximum atomic E-state index is 10.3. The maximum absolute atomic E-state index is 10.3. The lowest BCUT2D eigenvalue weighted by Gasteiger charge is -2.23. The molecule has 0 aromatic heterocycles. The molecule has 0 bridgehead atoms.